The van der Waals surface area contributed by atoms with Gasteiger partial charge in [0.15, 0.2) is 0 Å². The molecule has 0 aliphatic heterocycles. The summed E-state index contributed by atoms with van der Waals surface area (Å²) in [4.78, 5) is 9.26. The number of para-hydroxylation sites is 2. The molecule has 2 aromatic heterocycles. The minimum atomic E-state index is 0. The molecule has 0 saturated heterocycles. The number of fused-ring (bicyclic) bond motifs is 1. The van der Waals surface area contributed by atoms with Gasteiger partial charge >= 0.3 is 0 Å². The second kappa shape index (κ2) is 7.32. The van der Waals surface area contributed by atoms with Gasteiger partial charge in [0.2, 0.25) is 0 Å². The van der Waals surface area contributed by atoms with E-state index in [0.29, 0.717) is 0 Å². The van der Waals surface area contributed by atoms with Crippen molar-refractivity contribution >= 4 is 35.6 Å². The number of aryl methyl sites for hydroxylation is 1. The molecule has 2 heterocycles. The van der Waals surface area contributed by atoms with Crippen LogP contribution in [-0.2, 0) is 0 Å². The third kappa shape index (κ3) is 3.32. The molecule has 4 rings (SSSR count). The third-order valence-corrected chi connectivity index (χ3v) is 4.07. The molecule has 0 atom stereocenters. The predicted molar refractivity (Wildman–Crippen MR) is 106 cm³/mol. The molecule has 0 unspecified atom stereocenters. The van der Waals surface area contributed by atoms with Gasteiger partial charge < -0.3 is 0 Å². The van der Waals surface area contributed by atoms with Gasteiger partial charge in [0.05, 0.1) is 11.0 Å². The van der Waals surface area contributed by atoms with E-state index >= 15 is 0 Å². The number of hydrogen-bond acceptors (Lipinski definition) is 2. The van der Waals surface area contributed by atoms with E-state index in [9.17, 15) is 0 Å². The van der Waals surface area contributed by atoms with E-state index in [0.717, 1.165) is 22.7 Å². The molecule has 4 heteroatoms. The zero-order valence-corrected chi connectivity index (χ0v) is 14.6. The van der Waals surface area contributed by atoms with Gasteiger partial charge in [0, 0.05) is 6.20 Å². The molecule has 0 fully saturated rings. The Labute approximate surface area is 153 Å². The van der Waals surface area contributed by atoms with Crippen LogP contribution in [0.25, 0.3) is 29.0 Å². The summed E-state index contributed by atoms with van der Waals surface area (Å²) in [6.07, 6.45) is 5.96. The molecule has 0 N–H and O–H groups in total. The molecule has 0 aliphatic carbocycles. The summed E-state index contributed by atoms with van der Waals surface area (Å²) in [5.74, 6) is 1.74. The smallest absolute Gasteiger partial charge is 0.139 e. The Morgan fingerprint density at radius 2 is 1.60 bits per heavy atom. The molecule has 0 amide bonds. The van der Waals surface area contributed by atoms with Crippen LogP contribution in [0.4, 0.5) is 0 Å². The molecular weight excluding hydrogens is 330 g/mol. The molecule has 0 aliphatic rings. The number of nitrogens with zero attached hydrogens (tertiary/aromatic N) is 3. The molecule has 4 aromatic rings. The molecule has 0 bridgehead atoms. The normalized spacial score (nSPS) is 10.9. The van der Waals surface area contributed by atoms with E-state index in [4.69, 9.17) is 4.98 Å². The molecular formula is C21H18ClN3. The van der Waals surface area contributed by atoms with Crippen molar-refractivity contribution in [3.63, 3.8) is 0 Å². The second-order valence-corrected chi connectivity index (χ2v) is 5.67. The Morgan fingerprint density at radius 1 is 0.840 bits per heavy atom. The van der Waals surface area contributed by atoms with Gasteiger partial charge in [-0.25, -0.2) is 9.97 Å². The lowest BCUT2D eigenvalue weighted by Gasteiger charge is -2.05. The van der Waals surface area contributed by atoms with Gasteiger partial charge in [-0.05, 0) is 48.4 Å². The van der Waals surface area contributed by atoms with Gasteiger partial charge in [-0.3, -0.25) is 4.57 Å². The zero-order chi connectivity index (χ0) is 16.4. The lowest BCUT2D eigenvalue weighted by atomic mass is 10.1. The first-order chi connectivity index (χ1) is 11.8. The topological polar surface area (TPSA) is 30.7 Å². The van der Waals surface area contributed by atoms with Crippen LogP contribution in [0.3, 0.4) is 0 Å². The van der Waals surface area contributed by atoms with Crippen molar-refractivity contribution < 1.29 is 0 Å². The lowest BCUT2D eigenvalue weighted by molar-refractivity contribution is 1.00. The fourth-order valence-corrected chi connectivity index (χ4v) is 2.82. The number of hydrogen-bond donors (Lipinski definition) is 0. The number of rotatable bonds is 3. The molecule has 124 valence electrons. The summed E-state index contributed by atoms with van der Waals surface area (Å²) in [5, 5.41) is 0. The quantitative estimate of drug-likeness (QED) is 0.502. The first kappa shape index (κ1) is 16.9. The fraction of sp³-hybridized carbons (Fsp3) is 0.0476. The van der Waals surface area contributed by atoms with Crippen molar-refractivity contribution in [1.82, 2.24) is 14.5 Å². The maximum absolute atomic E-state index is 4.77. The van der Waals surface area contributed by atoms with E-state index < -0.39 is 0 Å². The average Bonchev–Trinajstić information content (AvgIpc) is 3.00. The molecule has 2 aromatic carbocycles. The van der Waals surface area contributed by atoms with Crippen molar-refractivity contribution in [2.24, 2.45) is 0 Å². The van der Waals surface area contributed by atoms with Crippen molar-refractivity contribution in [3.05, 3.63) is 89.9 Å². The summed E-state index contributed by atoms with van der Waals surface area (Å²) in [6, 6.07) is 22.4. The van der Waals surface area contributed by atoms with Gasteiger partial charge in [0.25, 0.3) is 0 Å². The van der Waals surface area contributed by atoms with Crippen molar-refractivity contribution in [2.45, 2.75) is 6.92 Å². The predicted octanol–water partition coefficient (Wildman–Crippen LogP) is 5.32. The van der Waals surface area contributed by atoms with Crippen LogP contribution in [0, 0.1) is 6.92 Å². The van der Waals surface area contributed by atoms with Crippen molar-refractivity contribution in [3.8, 4) is 5.82 Å². The van der Waals surface area contributed by atoms with Gasteiger partial charge in [0.1, 0.15) is 11.6 Å². The first-order valence-corrected chi connectivity index (χ1v) is 7.95. The summed E-state index contributed by atoms with van der Waals surface area (Å²) in [7, 11) is 0. The first-order valence-electron chi connectivity index (χ1n) is 7.95. The maximum atomic E-state index is 4.77. The summed E-state index contributed by atoms with van der Waals surface area (Å²) in [6.45, 7) is 2.11. The monoisotopic (exact) mass is 347 g/mol. The number of halogens is 1. The van der Waals surface area contributed by atoms with Crippen LogP contribution in [0.5, 0.6) is 0 Å². The number of benzene rings is 2. The molecule has 3 nitrogen and oxygen atoms in total. The van der Waals surface area contributed by atoms with Crippen LogP contribution < -0.4 is 0 Å². The zero-order valence-electron chi connectivity index (χ0n) is 13.8. The summed E-state index contributed by atoms with van der Waals surface area (Å²) < 4.78 is 2.09. The van der Waals surface area contributed by atoms with Crippen LogP contribution in [0.15, 0.2) is 72.9 Å². The van der Waals surface area contributed by atoms with Crippen LogP contribution in [-0.4, -0.2) is 14.5 Å². The minimum absolute atomic E-state index is 0. The Bertz CT molecular complexity index is 1020. The van der Waals surface area contributed by atoms with Gasteiger partial charge in [-0.1, -0.05) is 48.5 Å². The minimum Gasteiger partial charge on any atom is -0.277 e. The largest absolute Gasteiger partial charge is 0.277 e. The Morgan fingerprint density at radius 3 is 2.40 bits per heavy atom. The SMILES string of the molecule is Cc1ccccc1/C=C/c1nc2ccccc2n1-c1ccccn1.Cl. The highest BCUT2D eigenvalue weighted by Gasteiger charge is 2.10. The fourth-order valence-electron chi connectivity index (χ4n) is 2.82. The Hall–Kier alpha value is -2.91. The molecule has 25 heavy (non-hydrogen) atoms. The summed E-state index contributed by atoms with van der Waals surface area (Å²) >= 11 is 0. The van der Waals surface area contributed by atoms with Crippen LogP contribution in [0.2, 0.25) is 0 Å². The van der Waals surface area contributed by atoms with Crippen LogP contribution in [0.1, 0.15) is 17.0 Å². The van der Waals surface area contributed by atoms with E-state index in [1.54, 1.807) is 6.20 Å². The van der Waals surface area contributed by atoms with Crippen molar-refractivity contribution in [2.75, 3.05) is 0 Å². The standard InChI is InChI=1S/C21H17N3.ClH/c1-16-8-2-3-9-17(16)13-14-21-23-18-10-4-5-11-19(18)24(21)20-12-6-7-15-22-20;/h2-15H,1H3;1H/b14-13+;. The van der Waals surface area contributed by atoms with Gasteiger partial charge in [-0.15, -0.1) is 12.4 Å². The highest BCUT2D eigenvalue weighted by molar-refractivity contribution is 5.85. The number of pyridine rings is 1. The summed E-state index contributed by atoms with van der Waals surface area (Å²) in [5.41, 5.74) is 4.46. The third-order valence-electron chi connectivity index (χ3n) is 4.07. The number of aromatic nitrogens is 3. The number of imidazole rings is 1. The maximum Gasteiger partial charge on any atom is 0.139 e. The molecule has 0 radical (unpaired) electrons. The highest BCUT2D eigenvalue weighted by Crippen LogP contribution is 2.22. The van der Waals surface area contributed by atoms with E-state index in [1.807, 2.05) is 36.4 Å². The van der Waals surface area contributed by atoms with Gasteiger partial charge in [-0.2, -0.15) is 0 Å². The molecule has 0 spiro atoms. The van der Waals surface area contributed by atoms with Crippen LogP contribution >= 0.6 is 12.4 Å². The lowest BCUT2D eigenvalue weighted by Crippen LogP contribution is -1.99. The van der Waals surface area contributed by atoms with E-state index in [1.165, 1.54) is 11.1 Å². The second-order valence-electron chi connectivity index (χ2n) is 5.67. The highest BCUT2D eigenvalue weighted by atomic mass is 35.5. The molecule has 0 saturated carbocycles. The average molecular weight is 348 g/mol. The van der Waals surface area contributed by atoms with E-state index in [2.05, 4.69) is 59.0 Å². The Balaban J connectivity index is 0.00000182. The Kier molecular flexibility index (Phi) is 4.96. The van der Waals surface area contributed by atoms with E-state index in [-0.39, 0.29) is 12.4 Å². The van der Waals surface area contributed by atoms with Crippen molar-refractivity contribution in [1.29, 1.82) is 0 Å².